The Balaban J connectivity index is 1.95. The first-order valence-corrected chi connectivity index (χ1v) is 11.3. The van der Waals surface area contributed by atoms with E-state index in [1.807, 2.05) is 44.2 Å². The number of nitrogens with zero attached hydrogens (tertiary/aromatic N) is 2. The van der Waals surface area contributed by atoms with Crippen molar-refractivity contribution < 1.29 is 9.18 Å². The average Bonchev–Trinajstić information content (AvgIpc) is 3.14. The van der Waals surface area contributed by atoms with Gasteiger partial charge >= 0.3 is 0 Å². The molecule has 1 aromatic heterocycles. The molecule has 0 atom stereocenters. The first-order valence-electron chi connectivity index (χ1n) is 10.4. The van der Waals surface area contributed by atoms with Crippen LogP contribution in [0.2, 0.25) is 0 Å². The predicted octanol–water partition coefficient (Wildman–Crippen LogP) is 3.80. The maximum atomic E-state index is 13.4. The predicted molar refractivity (Wildman–Crippen MR) is 133 cm³/mol. The van der Waals surface area contributed by atoms with Crippen molar-refractivity contribution in [3.8, 4) is 11.8 Å². The Bertz CT molecular complexity index is 1600. The Labute approximate surface area is 199 Å². The van der Waals surface area contributed by atoms with Crippen molar-refractivity contribution in [1.29, 1.82) is 5.26 Å². The number of aryl methyl sites for hydroxylation is 2. The number of hydrogen-bond acceptors (Lipinski definition) is 4. The molecule has 0 unspecified atom stereocenters. The van der Waals surface area contributed by atoms with E-state index in [4.69, 9.17) is 0 Å². The molecule has 0 aliphatic heterocycles. The zero-order valence-corrected chi connectivity index (χ0v) is 19.3. The van der Waals surface area contributed by atoms with E-state index in [1.54, 1.807) is 42.5 Å². The fourth-order valence-electron chi connectivity index (χ4n) is 3.42. The lowest BCUT2D eigenvalue weighted by atomic mass is 10.1. The third-order valence-electron chi connectivity index (χ3n) is 5.20. The number of anilines is 1. The van der Waals surface area contributed by atoms with E-state index in [0.717, 1.165) is 22.5 Å². The van der Waals surface area contributed by atoms with E-state index < -0.39 is 5.91 Å². The van der Waals surface area contributed by atoms with Crippen LogP contribution in [0.25, 0.3) is 17.3 Å². The number of aromatic nitrogens is 1. The van der Waals surface area contributed by atoms with Gasteiger partial charge in [0, 0.05) is 5.69 Å². The van der Waals surface area contributed by atoms with E-state index in [2.05, 4.69) is 5.32 Å². The number of hydrogen-bond donors (Lipinski definition) is 1. The first kappa shape index (κ1) is 22.9. The summed E-state index contributed by atoms with van der Waals surface area (Å²) in [5.74, 6) is -0.982. The molecule has 1 N–H and O–H groups in total. The van der Waals surface area contributed by atoms with Crippen LogP contribution in [-0.4, -0.2) is 10.5 Å². The van der Waals surface area contributed by atoms with E-state index in [9.17, 15) is 19.2 Å². The third-order valence-corrected chi connectivity index (χ3v) is 6.29. The van der Waals surface area contributed by atoms with E-state index in [1.165, 1.54) is 16.7 Å². The number of carbonyl (C=O) groups excluding carboxylic acids is 1. The van der Waals surface area contributed by atoms with Gasteiger partial charge in [-0.05, 0) is 66.9 Å². The summed E-state index contributed by atoms with van der Waals surface area (Å²) in [5.41, 5.74) is 3.03. The molecule has 0 spiro atoms. The van der Waals surface area contributed by atoms with Gasteiger partial charge in [0.1, 0.15) is 16.5 Å². The quantitative estimate of drug-likeness (QED) is 0.494. The molecule has 0 aliphatic carbocycles. The van der Waals surface area contributed by atoms with Crippen LogP contribution in [0.3, 0.4) is 0 Å². The molecule has 3 aromatic carbocycles. The summed E-state index contributed by atoms with van der Waals surface area (Å²) in [7, 11) is 0. The van der Waals surface area contributed by atoms with E-state index in [0.29, 0.717) is 21.5 Å². The van der Waals surface area contributed by atoms with Crippen LogP contribution >= 0.6 is 11.3 Å². The smallest absolute Gasteiger partial charge is 0.273 e. The normalized spacial score (nSPS) is 12.2. The highest BCUT2D eigenvalue weighted by atomic mass is 32.1. The standard InChI is InChI=1S/C27H20FN3O2S/c1-17-8-9-18(2)23(14-17)30-25(32)22(16-29)27-31(21-6-4-3-5-7-21)26(33)24(34-27)15-19-10-12-20(28)13-11-19/h3-15H,1-2H3,(H,30,32). The zero-order chi connectivity index (χ0) is 24.2. The van der Waals surface area contributed by atoms with Gasteiger partial charge in [-0.3, -0.25) is 14.2 Å². The van der Waals surface area contributed by atoms with Crippen LogP contribution in [0, 0.1) is 31.0 Å². The van der Waals surface area contributed by atoms with Gasteiger partial charge < -0.3 is 5.32 Å². The molecule has 5 nitrogen and oxygen atoms in total. The van der Waals surface area contributed by atoms with Gasteiger partial charge in [-0.2, -0.15) is 5.26 Å². The second-order valence-electron chi connectivity index (χ2n) is 7.70. The number of carbonyl (C=O) groups is 1. The van der Waals surface area contributed by atoms with Crippen molar-refractivity contribution >= 4 is 34.6 Å². The molecule has 7 heteroatoms. The number of thiazole rings is 1. The zero-order valence-electron chi connectivity index (χ0n) is 18.5. The summed E-state index contributed by atoms with van der Waals surface area (Å²) in [4.78, 5) is 26.6. The van der Waals surface area contributed by atoms with Gasteiger partial charge in [-0.25, -0.2) is 4.39 Å². The Kier molecular flexibility index (Phi) is 6.53. The van der Waals surface area contributed by atoms with Crippen molar-refractivity contribution in [2.75, 3.05) is 5.32 Å². The Hall–Kier alpha value is -4.28. The highest BCUT2D eigenvalue weighted by Crippen LogP contribution is 2.17. The average molecular weight is 470 g/mol. The number of nitrogens with one attached hydrogen (secondary N) is 1. The molecule has 0 saturated heterocycles. The largest absolute Gasteiger partial charge is 0.321 e. The van der Waals surface area contributed by atoms with Crippen LogP contribution in [0.5, 0.6) is 0 Å². The van der Waals surface area contributed by atoms with Crippen LogP contribution in [-0.2, 0) is 4.79 Å². The molecule has 0 aliphatic rings. The van der Waals surface area contributed by atoms with Crippen molar-refractivity contribution in [1.82, 2.24) is 4.57 Å². The fraction of sp³-hybridized carbons (Fsp3) is 0.0741. The fourth-order valence-corrected chi connectivity index (χ4v) is 4.52. The van der Waals surface area contributed by atoms with Gasteiger partial charge in [0.05, 0.1) is 10.2 Å². The Morgan fingerprint density at radius 1 is 1.06 bits per heavy atom. The van der Waals surface area contributed by atoms with Crippen LogP contribution < -0.4 is 20.1 Å². The van der Waals surface area contributed by atoms with E-state index >= 15 is 0 Å². The van der Waals surface area contributed by atoms with Crippen molar-refractivity contribution in [2.45, 2.75) is 13.8 Å². The number of nitriles is 1. The molecule has 1 heterocycles. The summed E-state index contributed by atoms with van der Waals surface area (Å²) in [5, 5.41) is 12.7. The summed E-state index contributed by atoms with van der Waals surface area (Å²) >= 11 is 1.04. The van der Waals surface area contributed by atoms with Crippen LogP contribution in [0.15, 0.2) is 77.6 Å². The van der Waals surface area contributed by atoms with Crippen molar-refractivity contribution in [2.24, 2.45) is 0 Å². The lowest BCUT2D eigenvalue weighted by Gasteiger charge is -2.09. The number of benzene rings is 3. The molecule has 4 rings (SSSR count). The number of amides is 1. The number of halogens is 1. The number of rotatable bonds is 4. The lowest BCUT2D eigenvalue weighted by molar-refractivity contribution is -0.111. The van der Waals surface area contributed by atoms with E-state index in [-0.39, 0.29) is 21.6 Å². The first-order chi connectivity index (χ1) is 16.4. The molecule has 0 saturated carbocycles. The molecular formula is C27H20FN3O2S. The van der Waals surface area contributed by atoms with Crippen LogP contribution in [0.1, 0.15) is 16.7 Å². The highest BCUT2D eigenvalue weighted by molar-refractivity contribution is 7.07. The SMILES string of the molecule is Cc1ccc(C)c(NC(=O)C(C#N)=c2sc(=Cc3ccc(F)cc3)c(=O)n2-c2ccccc2)c1. The van der Waals surface area contributed by atoms with Gasteiger partial charge in [0.2, 0.25) is 0 Å². The van der Waals surface area contributed by atoms with Gasteiger partial charge in [-0.1, -0.05) is 42.5 Å². The third kappa shape index (κ3) is 4.72. The molecule has 0 radical (unpaired) electrons. The Morgan fingerprint density at radius 3 is 2.44 bits per heavy atom. The molecule has 0 bridgehead atoms. The maximum absolute atomic E-state index is 13.4. The summed E-state index contributed by atoms with van der Waals surface area (Å²) in [6.45, 7) is 3.77. The highest BCUT2D eigenvalue weighted by Gasteiger charge is 2.18. The Morgan fingerprint density at radius 2 is 1.76 bits per heavy atom. The summed E-state index contributed by atoms with van der Waals surface area (Å²) in [6.07, 6.45) is 1.62. The molecule has 1 amide bonds. The van der Waals surface area contributed by atoms with Gasteiger partial charge in [-0.15, -0.1) is 11.3 Å². The minimum absolute atomic E-state index is 0.175. The van der Waals surface area contributed by atoms with Crippen molar-refractivity contribution in [3.63, 3.8) is 0 Å². The second kappa shape index (κ2) is 9.69. The minimum atomic E-state index is -0.601. The molecule has 34 heavy (non-hydrogen) atoms. The van der Waals surface area contributed by atoms with Crippen molar-refractivity contribution in [3.05, 3.63) is 115 Å². The maximum Gasteiger partial charge on any atom is 0.273 e. The molecule has 0 fully saturated rings. The monoisotopic (exact) mass is 469 g/mol. The van der Waals surface area contributed by atoms with Gasteiger partial charge in [0.25, 0.3) is 11.5 Å². The summed E-state index contributed by atoms with van der Waals surface area (Å²) in [6, 6.07) is 22.2. The molecular weight excluding hydrogens is 449 g/mol. The van der Waals surface area contributed by atoms with Gasteiger partial charge in [0.15, 0.2) is 5.57 Å². The van der Waals surface area contributed by atoms with Crippen LogP contribution in [0.4, 0.5) is 10.1 Å². The molecule has 168 valence electrons. The molecule has 4 aromatic rings. The topological polar surface area (TPSA) is 74.9 Å². The lowest BCUT2D eigenvalue weighted by Crippen LogP contribution is -2.32. The summed E-state index contributed by atoms with van der Waals surface area (Å²) < 4.78 is 15.2. The second-order valence-corrected chi connectivity index (χ2v) is 8.73. The minimum Gasteiger partial charge on any atom is -0.321 e. The number of para-hydroxylation sites is 1.